The minimum absolute atomic E-state index is 0.243. The molecule has 4 rings (SSSR count). The lowest BCUT2D eigenvalue weighted by molar-refractivity contribution is -0.119. The molecule has 0 saturated carbocycles. The number of rotatable bonds is 6. The molecule has 0 aliphatic rings. The van der Waals surface area contributed by atoms with Crippen LogP contribution in [0.5, 0.6) is 0 Å². The summed E-state index contributed by atoms with van der Waals surface area (Å²) in [5.74, 6) is -0.315. The SMILES string of the molecule is CCc1nnc(NC(=O)C(CC)n2cnc3sc(C)c(-c4ccc(Cl)cc4)c3c2=O)s1. The topological polar surface area (TPSA) is 89.8 Å². The molecule has 0 aliphatic heterocycles. The van der Waals surface area contributed by atoms with Gasteiger partial charge in [-0.1, -0.05) is 48.9 Å². The van der Waals surface area contributed by atoms with Crippen LogP contribution in [0.1, 0.15) is 36.2 Å². The highest BCUT2D eigenvalue weighted by molar-refractivity contribution is 7.19. The van der Waals surface area contributed by atoms with Crippen molar-refractivity contribution < 1.29 is 4.79 Å². The monoisotopic (exact) mass is 473 g/mol. The molecule has 1 N–H and O–H groups in total. The molecule has 0 saturated heterocycles. The number of nitrogens with zero attached hydrogens (tertiary/aromatic N) is 4. The number of carbonyl (C=O) groups excluding carboxylic acids is 1. The molecule has 0 fully saturated rings. The quantitative estimate of drug-likeness (QED) is 0.421. The Balaban J connectivity index is 1.77. The zero-order valence-electron chi connectivity index (χ0n) is 17.2. The molecule has 0 aliphatic carbocycles. The molecule has 1 atom stereocenters. The summed E-state index contributed by atoms with van der Waals surface area (Å²) in [6.45, 7) is 5.80. The number of aryl methyl sites for hydroxylation is 2. The van der Waals surface area contributed by atoms with Crippen molar-refractivity contribution in [1.29, 1.82) is 0 Å². The minimum atomic E-state index is -0.711. The Kier molecular flexibility index (Phi) is 6.17. The Bertz CT molecular complexity index is 1310. The maximum atomic E-state index is 13.5. The second-order valence-corrected chi connectivity index (χ2v) is 9.65. The zero-order chi connectivity index (χ0) is 22.1. The Morgan fingerprint density at radius 2 is 1.94 bits per heavy atom. The van der Waals surface area contributed by atoms with Gasteiger partial charge in [0.15, 0.2) is 0 Å². The maximum Gasteiger partial charge on any atom is 0.263 e. The molecule has 0 radical (unpaired) electrons. The predicted octanol–water partition coefficient (Wildman–Crippen LogP) is 5.09. The van der Waals surface area contributed by atoms with Crippen LogP contribution in [0.2, 0.25) is 5.02 Å². The van der Waals surface area contributed by atoms with Gasteiger partial charge in [-0.3, -0.25) is 19.5 Å². The third-order valence-electron chi connectivity index (χ3n) is 4.97. The molecule has 3 heterocycles. The Morgan fingerprint density at radius 3 is 2.58 bits per heavy atom. The van der Waals surface area contributed by atoms with E-state index in [1.807, 2.05) is 32.9 Å². The van der Waals surface area contributed by atoms with Crippen LogP contribution in [0.25, 0.3) is 21.3 Å². The van der Waals surface area contributed by atoms with Gasteiger partial charge in [0.2, 0.25) is 11.0 Å². The number of amides is 1. The van der Waals surface area contributed by atoms with Crippen molar-refractivity contribution in [3.8, 4) is 11.1 Å². The van der Waals surface area contributed by atoms with Crippen LogP contribution in [-0.4, -0.2) is 25.7 Å². The Hall–Kier alpha value is -2.62. The molecular weight excluding hydrogens is 454 g/mol. The zero-order valence-corrected chi connectivity index (χ0v) is 19.6. The van der Waals surface area contributed by atoms with E-state index in [4.69, 9.17) is 11.6 Å². The van der Waals surface area contributed by atoms with Crippen molar-refractivity contribution in [2.75, 3.05) is 5.32 Å². The van der Waals surface area contributed by atoms with Crippen LogP contribution >= 0.6 is 34.3 Å². The number of thiophene rings is 1. The van der Waals surface area contributed by atoms with Crippen LogP contribution in [-0.2, 0) is 11.2 Å². The summed E-state index contributed by atoms with van der Waals surface area (Å²) in [7, 11) is 0. The van der Waals surface area contributed by atoms with Crippen LogP contribution < -0.4 is 10.9 Å². The highest BCUT2D eigenvalue weighted by Gasteiger charge is 2.24. The van der Waals surface area contributed by atoms with Gasteiger partial charge >= 0.3 is 0 Å². The number of nitrogens with one attached hydrogen (secondary N) is 1. The van der Waals surface area contributed by atoms with Gasteiger partial charge in [-0.15, -0.1) is 21.5 Å². The lowest BCUT2D eigenvalue weighted by Crippen LogP contribution is -2.33. The first-order chi connectivity index (χ1) is 14.9. The first-order valence-corrected chi connectivity index (χ1v) is 11.8. The summed E-state index contributed by atoms with van der Waals surface area (Å²) < 4.78 is 1.41. The molecule has 7 nitrogen and oxygen atoms in total. The largest absolute Gasteiger partial charge is 0.299 e. The molecule has 160 valence electrons. The average molecular weight is 474 g/mol. The van der Waals surface area contributed by atoms with E-state index in [0.717, 1.165) is 27.4 Å². The number of fused-ring (bicyclic) bond motifs is 1. The summed E-state index contributed by atoms with van der Waals surface area (Å²) in [6.07, 6.45) is 2.63. The molecular formula is C21H20ClN5O2S2. The van der Waals surface area contributed by atoms with E-state index in [-0.39, 0.29) is 11.5 Å². The molecule has 4 aromatic rings. The minimum Gasteiger partial charge on any atom is -0.299 e. The number of anilines is 1. The number of halogens is 1. The first kappa shape index (κ1) is 21.6. The molecule has 0 spiro atoms. The third-order valence-corrected chi connectivity index (χ3v) is 7.22. The van der Waals surface area contributed by atoms with Crippen LogP contribution in [0.4, 0.5) is 5.13 Å². The fourth-order valence-electron chi connectivity index (χ4n) is 3.45. The van der Waals surface area contributed by atoms with Gasteiger partial charge in [-0.05, 0) is 37.5 Å². The normalized spacial score (nSPS) is 12.3. The molecule has 1 unspecified atom stereocenters. The van der Waals surface area contributed by atoms with Gasteiger partial charge < -0.3 is 0 Å². The van der Waals surface area contributed by atoms with E-state index in [0.29, 0.717) is 26.8 Å². The van der Waals surface area contributed by atoms with Crippen molar-refractivity contribution in [2.24, 2.45) is 0 Å². The lowest BCUT2D eigenvalue weighted by atomic mass is 10.0. The third kappa shape index (κ3) is 4.13. The van der Waals surface area contributed by atoms with Crippen LogP contribution in [0, 0.1) is 6.92 Å². The number of benzene rings is 1. The van der Waals surface area contributed by atoms with Gasteiger partial charge in [0, 0.05) is 15.5 Å². The Morgan fingerprint density at radius 1 is 1.19 bits per heavy atom. The van der Waals surface area contributed by atoms with Gasteiger partial charge in [-0.2, -0.15) is 0 Å². The van der Waals surface area contributed by atoms with Crippen molar-refractivity contribution >= 4 is 55.5 Å². The molecule has 3 aromatic heterocycles. The molecule has 1 amide bonds. The fourth-order valence-corrected chi connectivity index (χ4v) is 5.26. The van der Waals surface area contributed by atoms with Gasteiger partial charge in [0.25, 0.3) is 5.56 Å². The first-order valence-electron chi connectivity index (χ1n) is 9.82. The molecule has 0 bridgehead atoms. The van der Waals surface area contributed by atoms with E-state index < -0.39 is 6.04 Å². The lowest BCUT2D eigenvalue weighted by Gasteiger charge is -2.16. The highest BCUT2D eigenvalue weighted by Crippen LogP contribution is 2.36. The summed E-state index contributed by atoms with van der Waals surface area (Å²) >= 11 is 8.82. The molecule has 31 heavy (non-hydrogen) atoms. The predicted molar refractivity (Wildman–Crippen MR) is 126 cm³/mol. The fraction of sp³-hybridized carbons (Fsp3) is 0.286. The number of hydrogen-bond donors (Lipinski definition) is 1. The van der Waals surface area contributed by atoms with Gasteiger partial charge in [0.05, 0.1) is 11.7 Å². The van der Waals surface area contributed by atoms with Crippen LogP contribution in [0.3, 0.4) is 0 Å². The maximum absolute atomic E-state index is 13.5. The van der Waals surface area contributed by atoms with Crippen molar-refractivity contribution in [3.05, 3.63) is 55.9 Å². The number of hydrogen-bond acceptors (Lipinski definition) is 7. The number of aromatic nitrogens is 4. The van der Waals surface area contributed by atoms with E-state index in [9.17, 15) is 9.59 Å². The summed E-state index contributed by atoms with van der Waals surface area (Å²) in [5.41, 5.74) is 1.48. The smallest absolute Gasteiger partial charge is 0.263 e. The summed E-state index contributed by atoms with van der Waals surface area (Å²) in [5, 5.41) is 13.2. The molecule has 1 aromatic carbocycles. The van der Waals surface area contributed by atoms with Crippen molar-refractivity contribution in [3.63, 3.8) is 0 Å². The van der Waals surface area contributed by atoms with Gasteiger partial charge in [-0.25, -0.2) is 4.98 Å². The summed E-state index contributed by atoms with van der Waals surface area (Å²) in [4.78, 5) is 32.6. The number of carbonyl (C=O) groups is 1. The molecule has 10 heteroatoms. The highest BCUT2D eigenvalue weighted by atomic mass is 35.5. The second-order valence-electron chi connectivity index (χ2n) is 6.95. The second kappa shape index (κ2) is 8.86. The summed E-state index contributed by atoms with van der Waals surface area (Å²) in [6, 6.07) is 6.65. The Labute approximate surface area is 191 Å². The van der Waals surface area contributed by atoms with Crippen molar-refractivity contribution in [2.45, 2.75) is 39.7 Å². The van der Waals surface area contributed by atoms with Gasteiger partial charge in [0.1, 0.15) is 15.9 Å². The standard InChI is InChI=1S/C21H20ClN5O2S2/c1-4-14(18(28)24-21-26-25-15(5-2)31-21)27-10-23-19-17(20(27)29)16(11(3)30-19)12-6-8-13(22)9-7-12/h6-10,14H,4-5H2,1-3H3,(H,24,26,28). The average Bonchev–Trinajstić information content (AvgIpc) is 3.34. The van der Waals surface area contributed by atoms with E-state index in [2.05, 4.69) is 20.5 Å². The van der Waals surface area contributed by atoms with Crippen LogP contribution in [0.15, 0.2) is 35.4 Å². The van der Waals surface area contributed by atoms with E-state index >= 15 is 0 Å². The van der Waals surface area contributed by atoms with E-state index in [1.54, 1.807) is 12.1 Å². The van der Waals surface area contributed by atoms with Crippen molar-refractivity contribution in [1.82, 2.24) is 19.7 Å². The van der Waals surface area contributed by atoms with E-state index in [1.165, 1.54) is 33.6 Å².